The Bertz CT molecular complexity index is 1590. The lowest BCUT2D eigenvalue weighted by molar-refractivity contribution is 0.237. The number of fused-ring (bicyclic) bond motifs is 2. The molecule has 0 bridgehead atoms. The van der Waals surface area contributed by atoms with E-state index in [1.807, 2.05) is 12.4 Å². The largest absolute Gasteiger partial charge is 0.491 e. The van der Waals surface area contributed by atoms with Crippen LogP contribution in [0.25, 0.3) is 44.5 Å². The number of hydrogen-bond acceptors (Lipinski definition) is 7. The van der Waals surface area contributed by atoms with Gasteiger partial charge in [-0.2, -0.15) is 5.10 Å². The molecule has 0 saturated carbocycles. The van der Waals surface area contributed by atoms with Crippen LogP contribution in [-0.4, -0.2) is 94.4 Å². The van der Waals surface area contributed by atoms with Crippen LogP contribution in [-0.2, 0) is 0 Å². The van der Waals surface area contributed by atoms with Gasteiger partial charge in [-0.15, -0.1) is 0 Å². The van der Waals surface area contributed by atoms with Crippen LogP contribution >= 0.6 is 0 Å². The summed E-state index contributed by atoms with van der Waals surface area (Å²) in [6, 6.07) is 12.8. The van der Waals surface area contributed by atoms with Crippen molar-refractivity contribution >= 4 is 27.6 Å². The molecule has 0 spiro atoms. The van der Waals surface area contributed by atoms with Crippen LogP contribution in [0, 0.1) is 0 Å². The lowest BCUT2D eigenvalue weighted by atomic mass is 10.0. The predicted molar refractivity (Wildman–Crippen MR) is 155 cm³/mol. The third kappa shape index (κ3) is 4.84. The van der Waals surface area contributed by atoms with E-state index >= 15 is 0 Å². The van der Waals surface area contributed by atoms with Gasteiger partial charge in [0.1, 0.15) is 23.7 Å². The molecule has 1 aromatic carbocycles. The van der Waals surface area contributed by atoms with Gasteiger partial charge in [0.05, 0.1) is 17.4 Å². The summed E-state index contributed by atoms with van der Waals surface area (Å²) in [5.74, 6) is 0.803. The number of ether oxygens (including phenoxy) is 1. The van der Waals surface area contributed by atoms with Crippen molar-refractivity contribution in [2.75, 3.05) is 64.4 Å². The zero-order chi connectivity index (χ0) is 26.2. The fourth-order valence-electron chi connectivity index (χ4n) is 5.82. The van der Waals surface area contributed by atoms with Crippen molar-refractivity contribution in [1.82, 2.24) is 34.9 Å². The number of likely N-dealkylation sites (tertiary alicyclic amines) is 1. The average Bonchev–Trinajstić information content (AvgIpc) is 3.73. The highest BCUT2D eigenvalue weighted by atomic mass is 16.5. The Balaban J connectivity index is 1.17. The number of H-pyrrole nitrogens is 2. The number of pyridine rings is 2. The van der Waals surface area contributed by atoms with E-state index in [1.54, 1.807) is 6.20 Å². The SMILES string of the molecule is CN1CCN(c2ccnc3[nH]c(-c4n[nH]c5ccc(-c6cncc(OCCN7CCCC7)c6)cc45)cc23)CC1. The van der Waals surface area contributed by atoms with E-state index < -0.39 is 0 Å². The van der Waals surface area contributed by atoms with Gasteiger partial charge in [-0.05, 0) is 68.9 Å². The summed E-state index contributed by atoms with van der Waals surface area (Å²) in [6.07, 6.45) is 8.17. The van der Waals surface area contributed by atoms with E-state index in [2.05, 4.69) is 78.2 Å². The molecule has 5 aromatic rings. The molecule has 7 rings (SSSR count). The molecule has 39 heavy (non-hydrogen) atoms. The average molecular weight is 523 g/mol. The molecule has 6 heterocycles. The number of hydrogen-bond donors (Lipinski definition) is 2. The zero-order valence-corrected chi connectivity index (χ0v) is 22.4. The number of piperazine rings is 1. The van der Waals surface area contributed by atoms with Gasteiger partial charge in [-0.3, -0.25) is 15.0 Å². The van der Waals surface area contributed by atoms with Crippen LogP contribution in [0.1, 0.15) is 12.8 Å². The Labute approximate surface area is 227 Å². The molecule has 2 aliphatic heterocycles. The molecule has 0 atom stereocenters. The Hall–Kier alpha value is -3.95. The highest BCUT2D eigenvalue weighted by Crippen LogP contribution is 2.34. The molecule has 4 aromatic heterocycles. The van der Waals surface area contributed by atoms with Crippen molar-refractivity contribution < 1.29 is 4.74 Å². The van der Waals surface area contributed by atoms with E-state index in [4.69, 9.17) is 9.84 Å². The highest BCUT2D eigenvalue weighted by molar-refractivity contribution is 5.99. The first-order valence-electron chi connectivity index (χ1n) is 13.9. The van der Waals surface area contributed by atoms with Crippen LogP contribution in [0.15, 0.2) is 55.0 Å². The maximum Gasteiger partial charge on any atom is 0.139 e. The Kier molecular flexibility index (Phi) is 6.38. The molecule has 0 aliphatic carbocycles. The first-order valence-corrected chi connectivity index (χ1v) is 13.9. The van der Waals surface area contributed by atoms with Crippen LogP contribution < -0.4 is 9.64 Å². The van der Waals surface area contributed by atoms with Crippen LogP contribution in [0.3, 0.4) is 0 Å². The van der Waals surface area contributed by atoms with Crippen LogP contribution in [0.5, 0.6) is 5.75 Å². The standard InChI is InChI=1S/C30H34N8O/c1-36-10-12-38(13-11-36)28-6-7-32-30-25(28)18-27(33-30)29-24-17-21(4-5-26(24)34-35-29)22-16-23(20-31-19-22)39-15-14-37-8-2-3-9-37/h4-7,16-20H,2-3,8-15H2,1H3,(H,32,33)(H,34,35). The summed E-state index contributed by atoms with van der Waals surface area (Å²) in [4.78, 5) is 19.9. The van der Waals surface area contributed by atoms with Gasteiger partial charge in [0.15, 0.2) is 0 Å². The Morgan fingerprint density at radius 2 is 1.77 bits per heavy atom. The Morgan fingerprint density at radius 3 is 2.64 bits per heavy atom. The van der Waals surface area contributed by atoms with Gasteiger partial charge in [0.2, 0.25) is 0 Å². The molecule has 2 N–H and O–H groups in total. The van der Waals surface area contributed by atoms with Crippen molar-refractivity contribution in [2.24, 2.45) is 0 Å². The monoisotopic (exact) mass is 522 g/mol. The molecule has 9 nitrogen and oxygen atoms in total. The molecule has 2 aliphatic rings. The van der Waals surface area contributed by atoms with E-state index in [1.165, 1.54) is 31.6 Å². The quantitative estimate of drug-likeness (QED) is 0.328. The Morgan fingerprint density at radius 1 is 0.897 bits per heavy atom. The van der Waals surface area contributed by atoms with E-state index in [0.29, 0.717) is 6.61 Å². The van der Waals surface area contributed by atoms with Crippen molar-refractivity contribution in [1.29, 1.82) is 0 Å². The maximum atomic E-state index is 6.06. The van der Waals surface area contributed by atoms with Crippen molar-refractivity contribution in [3.8, 4) is 28.3 Å². The number of benzene rings is 1. The zero-order valence-electron chi connectivity index (χ0n) is 22.4. The number of aromatic amines is 2. The lowest BCUT2D eigenvalue weighted by Gasteiger charge is -2.34. The number of aromatic nitrogens is 5. The first kappa shape index (κ1) is 24.1. The molecular weight excluding hydrogens is 488 g/mol. The summed E-state index contributed by atoms with van der Waals surface area (Å²) in [5.41, 5.74) is 7.05. The third-order valence-electron chi connectivity index (χ3n) is 8.09. The molecule has 200 valence electrons. The molecule has 0 amide bonds. The van der Waals surface area contributed by atoms with Gasteiger partial charge >= 0.3 is 0 Å². The van der Waals surface area contributed by atoms with Gasteiger partial charge in [-0.1, -0.05) is 6.07 Å². The highest BCUT2D eigenvalue weighted by Gasteiger charge is 2.19. The summed E-state index contributed by atoms with van der Waals surface area (Å²) in [5, 5.41) is 10.1. The number of nitrogens with zero attached hydrogens (tertiary/aromatic N) is 6. The van der Waals surface area contributed by atoms with Crippen LogP contribution in [0.4, 0.5) is 5.69 Å². The second kappa shape index (κ2) is 10.3. The molecule has 2 saturated heterocycles. The fourth-order valence-corrected chi connectivity index (χ4v) is 5.82. The number of nitrogens with one attached hydrogen (secondary N) is 2. The molecule has 2 fully saturated rings. The minimum absolute atomic E-state index is 0.681. The normalized spacial score (nSPS) is 17.0. The number of rotatable bonds is 7. The fraction of sp³-hybridized carbons (Fsp3) is 0.367. The molecule has 0 radical (unpaired) electrons. The summed E-state index contributed by atoms with van der Waals surface area (Å²) in [7, 11) is 2.18. The lowest BCUT2D eigenvalue weighted by Crippen LogP contribution is -2.44. The molecule has 0 unspecified atom stereocenters. The van der Waals surface area contributed by atoms with Crippen LogP contribution in [0.2, 0.25) is 0 Å². The summed E-state index contributed by atoms with van der Waals surface area (Å²) in [6.45, 7) is 8.16. The van der Waals surface area contributed by atoms with Gasteiger partial charge in [0, 0.05) is 67.1 Å². The smallest absolute Gasteiger partial charge is 0.139 e. The minimum Gasteiger partial charge on any atom is -0.491 e. The summed E-state index contributed by atoms with van der Waals surface area (Å²) < 4.78 is 6.06. The number of likely N-dealkylation sites (N-methyl/N-ethyl adjacent to an activating group) is 1. The molecular formula is C30H34N8O. The summed E-state index contributed by atoms with van der Waals surface area (Å²) >= 11 is 0. The second-order valence-corrected chi connectivity index (χ2v) is 10.7. The van der Waals surface area contributed by atoms with E-state index in [9.17, 15) is 0 Å². The van der Waals surface area contributed by atoms with Gasteiger partial charge in [-0.25, -0.2) is 4.98 Å². The number of anilines is 1. The molecule has 9 heteroatoms. The van der Waals surface area contributed by atoms with E-state index in [0.717, 1.165) is 82.9 Å². The van der Waals surface area contributed by atoms with Gasteiger partial charge in [0.25, 0.3) is 0 Å². The van der Waals surface area contributed by atoms with Crippen molar-refractivity contribution in [3.05, 3.63) is 55.0 Å². The predicted octanol–water partition coefficient (Wildman–Crippen LogP) is 4.39. The van der Waals surface area contributed by atoms with Crippen molar-refractivity contribution in [2.45, 2.75) is 12.8 Å². The van der Waals surface area contributed by atoms with E-state index in [-0.39, 0.29) is 0 Å². The third-order valence-corrected chi connectivity index (χ3v) is 8.09. The second-order valence-electron chi connectivity index (χ2n) is 10.7. The van der Waals surface area contributed by atoms with Gasteiger partial charge < -0.3 is 19.5 Å². The maximum absolute atomic E-state index is 6.06. The topological polar surface area (TPSA) is 89.2 Å². The van der Waals surface area contributed by atoms with Crippen molar-refractivity contribution in [3.63, 3.8) is 0 Å². The minimum atomic E-state index is 0.681. The first-order chi connectivity index (χ1) is 19.2.